The number of benzene rings is 2. The van der Waals surface area contributed by atoms with Gasteiger partial charge >= 0.3 is 0 Å². The van der Waals surface area contributed by atoms with E-state index in [1.807, 2.05) is 36.4 Å². The molecule has 0 saturated heterocycles. The third-order valence-corrected chi connectivity index (χ3v) is 6.70. The third kappa shape index (κ3) is 10.3. The number of thiocarbonyl (C=S) groups is 1. The van der Waals surface area contributed by atoms with Crippen LogP contribution in [0.2, 0.25) is 0 Å². The molecule has 5 nitrogen and oxygen atoms in total. The van der Waals surface area contributed by atoms with Crippen molar-refractivity contribution < 1.29 is 14.3 Å². The van der Waals surface area contributed by atoms with Crippen molar-refractivity contribution in [3.05, 3.63) is 54.1 Å². The second-order valence-corrected chi connectivity index (χ2v) is 9.77. The van der Waals surface area contributed by atoms with Gasteiger partial charge in [-0.05, 0) is 79.5 Å². The summed E-state index contributed by atoms with van der Waals surface area (Å²) in [6.45, 7) is 3.67. The highest BCUT2D eigenvalue weighted by molar-refractivity contribution is 7.80. The number of hydrogen-bond acceptors (Lipinski definition) is 4. The Morgan fingerprint density at radius 2 is 1.49 bits per heavy atom. The molecule has 0 spiro atoms. The van der Waals surface area contributed by atoms with E-state index in [0.29, 0.717) is 12.2 Å². The molecule has 2 aromatic carbocycles. The summed E-state index contributed by atoms with van der Waals surface area (Å²) < 4.78 is 11.7. The Bertz CT molecular complexity index is 893. The van der Waals surface area contributed by atoms with E-state index in [4.69, 9.17) is 21.7 Å². The van der Waals surface area contributed by atoms with E-state index >= 15 is 0 Å². The fourth-order valence-electron chi connectivity index (χ4n) is 4.39. The number of hydrogen-bond donors (Lipinski definition) is 2. The van der Waals surface area contributed by atoms with Crippen molar-refractivity contribution in [2.75, 3.05) is 18.5 Å². The maximum atomic E-state index is 12.5. The summed E-state index contributed by atoms with van der Waals surface area (Å²) >= 11 is 5.31. The van der Waals surface area contributed by atoms with Gasteiger partial charge in [-0.1, -0.05) is 64.7 Å². The molecule has 190 valence electrons. The number of anilines is 1. The first kappa shape index (κ1) is 27.0. The van der Waals surface area contributed by atoms with Gasteiger partial charge in [0, 0.05) is 11.3 Å². The number of unbranched alkanes of at least 4 members (excludes halogenated alkanes) is 4. The molecule has 0 heterocycles. The predicted octanol–water partition coefficient (Wildman–Crippen LogP) is 7.51. The van der Waals surface area contributed by atoms with Gasteiger partial charge in [0.05, 0.1) is 13.2 Å². The average Bonchev–Trinajstić information content (AvgIpc) is 2.88. The Labute approximate surface area is 216 Å². The number of amides is 1. The summed E-state index contributed by atoms with van der Waals surface area (Å²) in [4.78, 5) is 12.5. The molecule has 2 aromatic rings. The fraction of sp³-hybridized carbons (Fsp3) is 0.517. The van der Waals surface area contributed by atoms with Crippen LogP contribution in [0.1, 0.15) is 87.9 Å². The van der Waals surface area contributed by atoms with Crippen LogP contribution in [0.4, 0.5) is 5.69 Å². The van der Waals surface area contributed by atoms with Gasteiger partial charge in [0.1, 0.15) is 11.5 Å². The van der Waals surface area contributed by atoms with E-state index in [2.05, 4.69) is 17.6 Å². The van der Waals surface area contributed by atoms with Crippen LogP contribution in [-0.2, 0) is 0 Å². The zero-order valence-electron chi connectivity index (χ0n) is 21.0. The minimum absolute atomic E-state index is 0.253. The number of ether oxygens (including phenoxy) is 2. The normalized spacial score (nSPS) is 13.7. The molecule has 0 bridgehead atoms. The fourth-order valence-corrected chi connectivity index (χ4v) is 4.60. The van der Waals surface area contributed by atoms with Crippen LogP contribution in [0.5, 0.6) is 11.5 Å². The molecule has 0 atom stereocenters. The zero-order valence-corrected chi connectivity index (χ0v) is 21.8. The summed E-state index contributed by atoms with van der Waals surface area (Å²) in [5, 5.41) is 6.05. The number of nitrogens with one attached hydrogen (secondary N) is 2. The first-order valence-electron chi connectivity index (χ1n) is 13.2. The predicted molar refractivity (Wildman–Crippen MR) is 148 cm³/mol. The Balaban J connectivity index is 1.35. The zero-order chi connectivity index (χ0) is 24.7. The van der Waals surface area contributed by atoms with Crippen molar-refractivity contribution in [2.24, 2.45) is 5.92 Å². The molecule has 35 heavy (non-hydrogen) atoms. The summed E-state index contributed by atoms with van der Waals surface area (Å²) in [6, 6.07) is 14.8. The Hall–Kier alpha value is -2.60. The lowest BCUT2D eigenvalue weighted by molar-refractivity contribution is 0.0977. The van der Waals surface area contributed by atoms with Crippen LogP contribution in [0, 0.1) is 5.92 Å². The highest BCUT2D eigenvalue weighted by atomic mass is 32.1. The topological polar surface area (TPSA) is 59.6 Å². The van der Waals surface area contributed by atoms with Crippen LogP contribution in [0.25, 0.3) is 0 Å². The third-order valence-electron chi connectivity index (χ3n) is 6.49. The van der Waals surface area contributed by atoms with E-state index in [0.717, 1.165) is 42.6 Å². The summed E-state index contributed by atoms with van der Waals surface area (Å²) in [7, 11) is 0. The number of carbonyl (C=O) groups is 1. The van der Waals surface area contributed by atoms with Gasteiger partial charge in [-0.15, -0.1) is 0 Å². The van der Waals surface area contributed by atoms with Crippen LogP contribution in [0.3, 0.4) is 0 Å². The summed E-state index contributed by atoms with van der Waals surface area (Å²) in [5.74, 6) is 2.19. The van der Waals surface area contributed by atoms with Crippen molar-refractivity contribution in [1.82, 2.24) is 5.32 Å². The summed E-state index contributed by atoms with van der Waals surface area (Å²) in [6.07, 6.45) is 13.9. The smallest absolute Gasteiger partial charge is 0.257 e. The molecule has 1 aliphatic rings. The molecule has 0 aliphatic heterocycles. The van der Waals surface area contributed by atoms with Crippen molar-refractivity contribution in [3.8, 4) is 11.5 Å². The maximum Gasteiger partial charge on any atom is 0.257 e. The monoisotopic (exact) mass is 496 g/mol. The van der Waals surface area contributed by atoms with Crippen LogP contribution in [0.15, 0.2) is 48.5 Å². The van der Waals surface area contributed by atoms with Gasteiger partial charge in [-0.3, -0.25) is 10.1 Å². The molecule has 3 rings (SSSR count). The molecule has 1 aliphatic carbocycles. The highest BCUT2D eigenvalue weighted by Gasteiger charge is 2.13. The molecule has 1 amide bonds. The minimum Gasteiger partial charge on any atom is -0.494 e. The lowest BCUT2D eigenvalue weighted by atomic mass is 9.87. The Kier molecular flexibility index (Phi) is 11.9. The molecule has 0 aromatic heterocycles. The van der Waals surface area contributed by atoms with Crippen molar-refractivity contribution in [2.45, 2.75) is 77.6 Å². The largest absolute Gasteiger partial charge is 0.494 e. The standard InChI is InChI=1S/C29H40N2O3S/c1-2-3-4-5-9-21-33-26-16-12-24(13-17-26)28(32)31-29(35)30-25-14-18-27(19-15-25)34-22-20-23-10-7-6-8-11-23/h12-19,23H,2-11,20-22H2,1H3,(H2,30,31,32,35). The van der Waals surface area contributed by atoms with E-state index in [-0.39, 0.29) is 11.0 Å². The van der Waals surface area contributed by atoms with Crippen molar-refractivity contribution in [1.29, 1.82) is 0 Å². The second kappa shape index (κ2) is 15.4. The van der Waals surface area contributed by atoms with E-state index in [9.17, 15) is 4.79 Å². The van der Waals surface area contributed by atoms with Crippen LogP contribution < -0.4 is 20.1 Å². The molecule has 0 radical (unpaired) electrons. The van der Waals surface area contributed by atoms with Crippen LogP contribution in [-0.4, -0.2) is 24.2 Å². The molecular weight excluding hydrogens is 456 g/mol. The van der Waals surface area contributed by atoms with Crippen molar-refractivity contribution >= 4 is 28.9 Å². The molecule has 6 heteroatoms. The van der Waals surface area contributed by atoms with Crippen LogP contribution >= 0.6 is 12.2 Å². The maximum absolute atomic E-state index is 12.5. The number of rotatable bonds is 13. The molecule has 2 N–H and O–H groups in total. The lowest BCUT2D eigenvalue weighted by Crippen LogP contribution is -2.34. The van der Waals surface area contributed by atoms with Gasteiger partial charge in [0.25, 0.3) is 5.91 Å². The number of carbonyl (C=O) groups excluding carboxylic acids is 1. The first-order valence-corrected chi connectivity index (χ1v) is 13.6. The minimum atomic E-state index is -0.253. The van der Waals surface area contributed by atoms with Gasteiger partial charge in [0.15, 0.2) is 5.11 Å². The second-order valence-electron chi connectivity index (χ2n) is 9.36. The average molecular weight is 497 g/mol. The molecule has 1 saturated carbocycles. The van der Waals surface area contributed by atoms with Gasteiger partial charge < -0.3 is 14.8 Å². The molecular formula is C29H40N2O3S. The first-order chi connectivity index (χ1) is 17.1. The van der Waals surface area contributed by atoms with Gasteiger partial charge in [-0.2, -0.15) is 0 Å². The quantitative estimate of drug-likeness (QED) is 0.222. The van der Waals surface area contributed by atoms with E-state index in [1.165, 1.54) is 57.8 Å². The Morgan fingerprint density at radius 1 is 0.857 bits per heavy atom. The summed E-state index contributed by atoms with van der Waals surface area (Å²) in [5.41, 5.74) is 1.34. The van der Waals surface area contributed by atoms with E-state index in [1.54, 1.807) is 12.1 Å². The van der Waals surface area contributed by atoms with Gasteiger partial charge in [-0.25, -0.2) is 0 Å². The SMILES string of the molecule is CCCCCCCOc1ccc(C(=O)NC(=S)Nc2ccc(OCCC3CCCCC3)cc2)cc1. The van der Waals surface area contributed by atoms with Crippen molar-refractivity contribution in [3.63, 3.8) is 0 Å². The highest BCUT2D eigenvalue weighted by Crippen LogP contribution is 2.26. The molecule has 0 unspecified atom stereocenters. The lowest BCUT2D eigenvalue weighted by Gasteiger charge is -2.21. The Morgan fingerprint density at radius 3 is 2.17 bits per heavy atom. The molecule has 1 fully saturated rings. The van der Waals surface area contributed by atoms with E-state index < -0.39 is 0 Å². The van der Waals surface area contributed by atoms with Gasteiger partial charge in [0.2, 0.25) is 0 Å².